The maximum atomic E-state index is 12.5. The smallest absolute Gasteiger partial charge is 0.257 e. The average molecular weight is 309 g/mol. The van der Waals surface area contributed by atoms with Crippen LogP contribution in [0.25, 0.3) is 10.8 Å². The summed E-state index contributed by atoms with van der Waals surface area (Å²) in [7, 11) is 0. The quantitative estimate of drug-likeness (QED) is 0.791. The van der Waals surface area contributed by atoms with Gasteiger partial charge in [0.15, 0.2) is 0 Å². The highest BCUT2D eigenvalue weighted by atomic mass is 32.1. The molecule has 0 spiro atoms. The van der Waals surface area contributed by atoms with Crippen molar-refractivity contribution in [2.75, 3.05) is 5.32 Å². The first-order chi connectivity index (χ1) is 10.7. The van der Waals surface area contributed by atoms with Gasteiger partial charge in [-0.2, -0.15) is 0 Å². The van der Waals surface area contributed by atoms with E-state index in [2.05, 4.69) is 33.7 Å². The summed E-state index contributed by atoms with van der Waals surface area (Å²) in [5.41, 5.74) is 1.98. The number of aryl methyl sites for hydroxylation is 1. The van der Waals surface area contributed by atoms with Crippen LogP contribution in [0.5, 0.6) is 0 Å². The molecule has 4 rings (SSSR count). The van der Waals surface area contributed by atoms with E-state index in [0.29, 0.717) is 16.6 Å². The first-order valence-electron chi connectivity index (χ1n) is 7.35. The largest absolute Gasteiger partial charge is 0.296 e. The standard InChI is InChI=1S/C17H15N3OS/c1-10-19-20-17(22-10)18-16(21)13-8-12-4-2-3-5-14(12)15(9-13)11-6-7-11/h2-5,8-9,11H,6-7H2,1H3,(H,18,20,21). The lowest BCUT2D eigenvalue weighted by atomic mass is 9.97. The van der Waals surface area contributed by atoms with E-state index in [4.69, 9.17) is 0 Å². The van der Waals surface area contributed by atoms with E-state index in [0.717, 1.165) is 10.4 Å². The third-order valence-electron chi connectivity index (χ3n) is 3.92. The Morgan fingerprint density at radius 2 is 2.05 bits per heavy atom. The first kappa shape index (κ1) is 13.4. The zero-order valence-corrected chi connectivity index (χ0v) is 13.0. The zero-order chi connectivity index (χ0) is 15.1. The minimum atomic E-state index is -0.121. The third kappa shape index (κ3) is 2.48. The molecule has 4 nitrogen and oxygen atoms in total. The van der Waals surface area contributed by atoms with Crippen LogP contribution in [0.3, 0.4) is 0 Å². The van der Waals surface area contributed by atoms with Gasteiger partial charge in [-0.15, -0.1) is 10.2 Å². The van der Waals surface area contributed by atoms with E-state index in [9.17, 15) is 4.79 Å². The van der Waals surface area contributed by atoms with Gasteiger partial charge in [0, 0.05) is 5.56 Å². The van der Waals surface area contributed by atoms with E-state index in [-0.39, 0.29) is 5.91 Å². The molecule has 5 heteroatoms. The van der Waals surface area contributed by atoms with Crippen LogP contribution in [0.15, 0.2) is 36.4 Å². The second-order valence-corrected chi connectivity index (χ2v) is 6.82. The van der Waals surface area contributed by atoms with Crippen molar-refractivity contribution in [3.05, 3.63) is 52.5 Å². The molecule has 1 aliphatic carbocycles. The van der Waals surface area contributed by atoms with Crippen LogP contribution in [0.1, 0.15) is 39.7 Å². The number of anilines is 1. The van der Waals surface area contributed by atoms with Crippen LogP contribution in [0, 0.1) is 6.92 Å². The van der Waals surface area contributed by atoms with Crippen molar-refractivity contribution in [2.24, 2.45) is 0 Å². The minimum absolute atomic E-state index is 0.121. The van der Waals surface area contributed by atoms with Crippen LogP contribution < -0.4 is 5.32 Å². The van der Waals surface area contributed by atoms with Gasteiger partial charge in [-0.3, -0.25) is 10.1 Å². The van der Waals surface area contributed by atoms with E-state index >= 15 is 0 Å². The molecule has 2 aromatic carbocycles. The van der Waals surface area contributed by atoms with Crippen molar-refractivity contribution in [2.45, 2.75) is 25.7 Å². The molecule has 22 heavy (non-hydrogen) atoms. The van der Waals surface area contributed by atoms with Crippen LogP contribution in [-0.2, 0) is 0 Å². The second kappa shape index (κ2) is 5.18. The highest BCUT2D eigenvalue weighted by Gasteiger charge is 2.26. The number of carbonyl (C=O) groups excluding carboxylic acids is 1. The number of amides is 1. The predicted molar refractivity (Wildman–Crippen MR) is 88.5 cm³/mol. The highest BCUT2D eigenvalue weighted by Crippen LogP contribution is 2.43. The number of nitrogens with one attached hydrogen (secondary N) is 1. The molecule has 1 saturated carbocycles. The number of benzene rings is 2. The molecule has 3 aromatic rings. The van der Waals surface area contributed by atoms with Crippen molar-refractivity contribution < 1.29 is 4.79 Å². The Hall–Kier alpha value is -2.27. The SMILES string of the molecule is Cc1nnc(NC(=O)c2cc(C3CC3)c3ccccc3c2)s1. The summed E-state index contributed by atoms with van der Waals surface area (Å²) >= 11 is 1.38. The number of fused-ring (bicyclic) bond motifs is 1. The van der Waals surface area contributed by atoms with Gasteiger partial charge >= 0.3 is 0 Å². The molecule has 1 amide bonds. The molecule has 1 fully saturated rings. The van der Waals surface area contributed by atoms with Crippen LogP contribution >= 0.6 is 11.3 Å². The molecule has 0 atom stereocenters. The minimum Gasteiger partial charge on any atom is -0.296 e. The summed E-state index contributed by atoms with van der Waals surface area (Å²) in [6.45, 7) is 1.87. The van der Waals surface area contributed by atoms with E-state index in [1.807, 2.05) is 25.1 Å². The van der Waals surface area contributed by atoms with Crippen molar-refractivity contribution in [3.63, 3.8) is 0 Å². The van der Waals surface area contributed by atoms with E-state index < -0.39 is 0 Å². The van der Waals surface area contributed by atoms with E-state index in [1.165, 1.54) is 35.1 Å². The molecule has 0 aliphatic heterocycles. The Kier molecular flexibility index (Phi) is 3.15. The Labute approximate surface area is 132 Å². The molecular formula is C17H15N3OS. The maximum Gasteiger partial charge on any atom is 0.257 e. The van der Waals surface area contributed by atoms with Crippen LogP contribution in [-0.4, -0.2) is 16.1 Å². The number of carbonyl (C=O) groups is 1. The van der Waals surface area contributed by atoms with Gasteiger partial charge < -0.3 is 0 Å². The molecule has 110 valence electrons. The van der Waals surface area contributed by atoms with Crippen molar-refractivity contribution >= 4 is 33.1 Å². The Morgan fingerprint density at radius 1 is 1.23 bits per heavy atom. The molecule has 0 bridgehead atoms. The summed E-state index contributed by atoms with van der Waals surface area (Å²) in [6, 6.07) is 12.2. The second-order valence-electron chi connectivity index (χ2n) is 5.64. The highest BCUT2D eigenvalue weighted by molar-refractivity contribution is 7.15. The molecule has 1 N–H and O–H groups in total. The lowest BCUT2D eigenvalue weighted by molar-refractivity contribution is 0.102. The van der Waals surface area contributed by atoms with Gasteiger partial charge in [0.05, 0.1) is 0 Å². The van der Waals surface area contributed by atoms with Crippen molar-refractivity contribution in [1.29, 1.82) is 0 Å². The van der Waals surface area contributed by atoms with Gasteiger partial charge in [-0.1, -0.05) is 35.6 Å². The summed E-state index contributed by atoms with van der Waals surface area (Å²) in [5.74, 6) is 0.477. The lowest BCUT2D eigenvalue weighted by Gasteiger charge is -2.09. The number of aromatic nitrogens is 2. The number of hydrogen-bond donors (Lipinski definition) is 1. The Morgan fingerprint density at radius 3 is 2.77 bits per heavy atom. The topological polar surface area (TPSA) is 54.9 Å². The molecule has 0 saturated heterocycles. The van der Waals surface area contributed by atoms with Gasteiger partial charge in [-0.05, 0) is 54.2 Å². The fraction of sp³-hybridized carbons (Fsp3) is 0.235. The summed E-state index contributed by atoms with van der Waals surface area (Å²) in [5, 5.41) is 14.5. The summed E-state index contributed by atoms with van der Waals surface area (Å²) < 4.78 is 0. The van der Waals surface area contributed by atoms with Crippen LogP contribution in [0.2, 0.25) is 0 Å². The molecule has 1 aromatic heterocycles. The monoisotopic (exact) mass is 309 g/mol. The predicted octanol–water partition coefficient (Wildman–Crippen LogP) is 4.13. The van der Waals surface area contributed by atoms with E-state index in [1.54, 1.807) is 0 Å². The first-order valence-corrected chi connectivity index (χ1v) is 8.16. The number of nitrogens with zero attached hydrogens (tertiary/aromatic N) is 2. The summed E-state index contributed by atoms with van der Waals surface area (Å²) in [4.78, 5) is 12.5. The number of hydrogen-bond acceptors (Lipinski definition) is 4. The fourth-order valence-corrected chi connectivity index (χ4v) is 3.31. The zero-order valence-electron chi connectivity index (χ0n) is 12.2. The Balaban J connectivity index is 1.73. The molecule has 1 heterocycles. The molecule has 0 unspecified atom stereocenters. The maximum absolute atomic E-state index is 12.5. The van der Waals surface area contributed by atoms with Gasteiger partial charge in [-0.25, -0.2) is 0 Å². The van der Waals surface area contributed by atoms with Crippen molar-refractivity contribution in [1.82, 2.24) is 10.2 Å². The third-order valence-corrected chi connectivity index (χ3v) is 4.67. The molecule has 1 aliphatic rings. The van der Waals surface area contributed by atoms with Crippen LogP contribution in [0.4, 0.5) is 5.13 Å². The van der Waals surface area contributed by atoms with Gasteiger partial charge in [0.1, 0.15) is 5.01 Å². The summed E-state index contributed by atoms with van der Waals surface area (Å²) in [6.07, 6.45) is 2.43. The van der Waals surface area contributed by atoms with Gasteiger partial charge in [0.2, 0.25) is 5.13 Å². The Bertz CT molecular complexity index is 867. The average Bonchev–Trinajstić information content (AvgIpc) is 3.29. The van der Waals surface area contributed by atoms with Gasteiger partial charge in [0.25, 0.3) is 5.91 Å². The number of rotatable bonds is 3. The van der Waals surface area contributed by atoms with Crippen molar-refractivity contribution in [3.8, 4) is 0 Å². The fourth-order valence-electron chi connectivity index (χ4n) is 2.72. The normalized spacial score (nSPS) is 14.2. The molecule has 0 radical (unpaired) electrons. The molecular weight excluding hydrogens is 294 g/mol. The lowest BCUT2D eigenvalue weighted by Crippen LogP contribution is -2.12.